The van der Waals surface area contributed by atoms with Crippen molar-refractivity contribution in [2.24, 2.45) is 0 Å². The average molecular weight is 325 g/mol. The molecular formula is C12H13BrN4O2. The molecule has 2 aromatic rings. The van der Waals surface area contributed by atoms with Crippen LogP contribution in [0.25, 0.3) is 5.82 Å². The van der Waals surface area contributed by atoms with Crippen LogP contribution in [-0.2, 0) is 4.74 Å². The van der Waals surface area contributed by atoms with Gasteiger partial charge in [-0.15, -0.1) is 0 Å². The number of imidazole rings is 1. The van der Waals surface area contributed by atoms with E-state index in [0.717, 1.165) is 10.2 Å². The molecule has 0 aliphatic carbocycles. The number of esters is 1. The molecule has 0 unspecified atom stereocenters. The van der Waals surface area contributed by atoms with E-state index in [1.807, 2.05) is 13.0 Å². The van der Waals surface area contributed by atoms with Crippen molar-refractivity contribution >= 4 is 27.7 Å². The molecule has 0 amide bonds. The Morgan fingerprint density at radius 3 is 2.63 bits per heavy atom. The van der Waals surface area contributed by atoms with Gasteiger partial charge in [0.25, 0.3) is 0 Å². The molecule has 0 aliphatic rings. The zero-order valence-corrected chi connectivity index (χ0v) is 12.4. The Morgan fingerprint density at radius 2 is 2.05 bits per heavy atom. The van der Waals surface area contributed by atoms with Gasteiger partial charge < -0.3 is 10.5 Å². The number of aryl methyl sites for hydroxylation is 2. The van der Waals surface area contributed by atoms with Crippen molar-refractivity contribution in [1.82, 2.24) is 14.5 Å². The van der Waals surface area contributed by atoms with Crippen LogP contribution >= 0.6 is 15.9 Å². The standard InChI is InChI=1S/C12H13BrN4O2/c1-6-8(13)4-5-9(15-6)17-7(2)16-10(11(17)14)12(18)19-3/h4-5H,14H2,1-3H3. The highest BCUT2D eigenvalue weighted by Crippen LogP contribution is 2.22. The molecule has 6 nitrogen and oxygen atoms in total. The number of aromatic nitrogens is 3. The first-order chi connectivity index (χ1) is 8.95. The monoisotopic (exact) mass is 324 g/mol. The number of nitrogens with two attached hydrogens (primary N) is 1. The van der Waals surface area contributed by atoms with Crippen molar-refractivity contribution in [2.45, 2.75) is 13.8 Å². The lowest BCUT2D eigenvalue weighted by atomic mass is 10.3. The van der Waals surface area contributed by atoms with Gasteiger partial charge in [0.2, 0.25) is 0 Å². The Labute approximate surface area is 118 Å². The quantitative estimate of drug-likeness (QED) is 0.854. The van der Waals surface area contributed by atoms with Gasteiger partial charge in [-0.05, 0) is 41.9 Å². The van der Waals surface area contributed by atoms with Crippen molar-refractivity contribution < 1.29 is 9.53 Å². The van der Waals surface area contributed by atoms with Gasteiger partial charge in [-0.25, -0.2) is 14.8 Å². The number of hydrogen-bond acceptors (Lipinski definition) is 5. The fourth-order valence-corrected chi connectivity index (χ4v) is 1.96. The molecule has 100 valence electrons. The number of methoxy groups -OCH3 is 1. The van der Waals surface area contributed by atoms with Crippen molar-refractivity contribution in [3.05, 3.63) is 33.8 Å². The summed E-state index contributed by atoms with van der Waals surface area (Å²) in [6, 6.07) is 3.66. The van der Waals surface area contributed by atoms with Crippen LogP contribution in [0.2, 0.25) is 0 Å². The molecule has 0 bridgehead atoms. The normalized spacial score (nSPS) is 10.5. The third-order valence-electron chi connectivity index (χ3n) is 2.70. The minimum atomic E-state index is -0.562. The highest BCUT2D eigenvalue weighted by molar-refractivity contribution is 9.10. The predicted octanol–water partition coefficient (Wildman–Crippen LogP) is 2.02. The Morgan fingerprint density at radius 1 is 1.37 bits per heavy atom. The van der Waals surface area contributed by atoms with Crippen LogP contribution in [0.3, 0.4) is 0 Å². The van der Waals surface area contributed by atoms with Crippen LogP contribution in [0.1, 0.15) is 22.0 Å². The van der Waals surface area contributed by atoms with E-state index in [2.05, 4.69) is 30.6 Å². The second kappa shape index (κ2) is 5.00. The molecule has 0 radical (unpaired) electrons. The lowest BCUT2D eigenvalue weighted by Crippen LogP contribution is -2.09. The lowest BCUT2D eigenvalue weighted by molar-refractivity contribution is 0.0596. The van der Waals surface area contributed by atoms with E-state index in [1.165, 1.54) is 7.11 Å². The Kier molecular flexibility index (Phi) is 3.57. The zero-order valence-electron chi connectivity index (χ0n) is 10.8. The number of carbonyl (C=O) groups is 1. The summed E-state index contributed by atoms with van der Waals surface area (Å²) in [5.74, 6) is 0.845. The molecule has 19 heavy (non-hydrogen) atoms. The van der Waals surface area contributed by atoms with E-state index in [-0.39, 0.29) is 11.5 Å². The van der Waals surface area contributed by atoms with Gasteiger partial charge in [0.1, 0.15) is 17.5 Å². The highest BCUT2D eigenvalue weighted by atomic mass is 79.9. The summed E-state index contributed by atoms with van der Waals surface area (Å²) in [7, 11) is 1.29. The predicted molar refractivity (Wildman–Crippen MR) is 74.3 cm³/mol. The van der Waals surface area contributed by atoms with E-state index < -0.39 is 5.97 Å². The molecule has 2 aromatic heterocycles. The van der Waals surface area contributed by atoms with E-state index in [9.17, 15) is 4.79 Å². The van der Waals surface area contributed by atoms with Gasteiger partial charge in [0.15, 0.2) is 5.69 Å². The van der Waals surface area contributed by atoms with Gasteiger partial charge >= 0.3 is 5.97 Å². The van der Waals surface area contributed by atoms with Crippen molar-refractivity contribution in [3.8, 4) is 5.82 Å². The minimum Gasteiger partial charge on any atom is -0.464 e. The largest absolute Gasteiger partial charge is 0.464 e. The third kappa shape index (κ3) is 2.33. The van der Waals surface area contributed by atoms with Crippen LogP contribution in [0.5, 0.6) is 0 Å². The van der Waals surface area contributed by atoms with Gasteiger partial charge in [-0.3, -0.25) is 4.57 Å². The van der Waals surface area contributed by atoms with Gasteiger partial charge in [0.05, 0.1) is 12.8 Å². The number of pyridine rings is 1. The fraction of sp³-hybridized carbons (Fsp3) is 0.250. The SMILES string of the molecule is COC(=O)c1nc(C)n(-c2ccc(Br)c(C)n2)c1N. The molecule has 2 N–H and O–H groups in total. The molecule has 0 saturated heterocycles. The van der Waals surface area contributed by atoms with Crippen molar-refractivity contribution in [1.29, 1.82) is 0 Å². The number of rotatable bonds is 2. The van der Waals surface area contributed by atoms with E-state index in [4.69, 9.17) is 5.73 Å². The third-order valence-corrected chi connectivity index (χ3v) is 3.53. The maximum Gasteiger partial charge on any atom is 0.360 e. The summed E-state index contributed by atoms with van der Waals surface area (Å²) >= 11 is 3.39. The molecule has 0 fully saturated rings. The zero-order chi connectivity index (χ0) is 14.2. The van der Waals surface area contributed by atoms with Gasteiger partial charge in [-0.1, -0.05) is 0 Å². The van der Waals surface area contributed by atoms with Crippen LogP contribution < -0.4 is 5.73 Å². The summed E-state index contributed by atoms with van der Waals surface area (Å²) in [4.78, 5) is 20.1. The Balaban J connectivity index is 2.59. The van der Waals surface area contributed by atoms with Crippen LogP contribution in [0, 0.1) is 13.8 Å². The number of ether oxygens (including phenoxy) is 1. The van der Waals surface area contributed by atoms with Crippen LogP contribution in [-0.4, -0.2) is 27.6 Å². The van der Waals surface area contributed by atoms with Gasteiger partial charge in [0, 0.05) is 4.47 Å². The minimum absolute atomic E-state index is 0.0994. The first kappa shape index (κ1) is 13.5. The summed E-state index contributed by atoms with van der Waals surface area (Å²) in [5, 5.41) is 0. The van der Waals surface area contributed by atoms with Gasteiger partial charge in [-0.2, -0.15) is 0 Å². The lowest BCUT2D eigenvalue weighted by Gasteiger charge is -2.08. The molecule has 2 rings (SSSR count). The Bertz CT molecular complexity index is 651. The average Bonchev–Trinajstić information content (AvgIpc) is 2.68. The first-order valence-electron chi connectivity index (χ1n) is 5.52. The smallest absolute Gasteiger partial charge is 0.360 e. The number of anilines is 1. The van der Waals surface area contributed by atoms with E-state index in [0.29, 0.717) is 11.6 Å². The molecule has 0 spiro atoms. The fourth-order valence-electron chi connectivity index (χ4n) is 1.74. The summed E-state index contributed by atoms with van der Waals surface area (Å²) in [6.07, 6.45) is 0. The van der Waals surface area contributed by atoms with Crippen molar-refractivity contribution in [3.63, 3.8) is 0 Å². The second-order valence-electron chi connectivity index (χ2n) is 3.96. The first-order valence-corrected chi connectivity index (χ1v) is 6.31. The number of hydrogen-bond donors (Lipinski definition) is 1. The highest BCUT2D eigenvalue weighted by Gasteiger charge is 2.20. The number of carbonyl (C=O) groups excluding carboxylic acids is 1. The second-order valence-corrected chi connectivity index (χ2v) is 4.81. The summed E-state index contributed by atoms with van der Waals surface area (Å²) in [6.45, 7) is 3.62. The molecule has 0 aliphatic heterocycles. The topological polar surface area (TPSA) is 83.0 Å². The number of halogens is 1. The molecule has 0 aromatic carbocycles. The molecule has 0 atom stereocenters. The maximum absolute atomic E-state index is 11.5. The molecule has 2 heterocycles. The molecule has 7 heteroatoms. The Hall–Kier alpha value is -1.89. The van der Waals surface area contributed by atoms with Crippen LogP contribution in [0.15, 0.2) is 16.6 Å². The van der Waals surface area contributed by atoms with E-state index >= 15 is 0 Å². The van der Waals surface area contributed by atoms with E-state index in [1.54, 1.807) is 17.6 Å². The number of nitrogens with zero attached hydrogens (tertiary/aromatic N) is 3. The van der Waals surface area contributed by atoms with Crippen molar-refractivity contribution in [2.75, 3.05) is 12.8 Å². The molecular weight excluding hydrogens is 312 g/mol. The van der Waals surface area contributed by atoms with Crippen LogP contribution in [0.4, 0.5) is 5.82 Å². The maximum atomic E-state index is 11.5. The molecule has 0 saturated carbocycles. The summed E-state index contributed by atoms with van der Waals surface area (Å²) < 4.78 is 7.16. The number of nitrogen functional groups attached to an aromatic ring is 1. The summed E-state index contributed by atoms with van der Waals surface area (Å²) in [5.41, 5.74) is 6.87.